The lowest BCUT2D eigenvalue weighted by Crippen LogP contribution is -2.65. The molecule has 0 spiro atoms. The van der Waals surface area contributed by atoms with Crippen LogP contribution in [0.1, 0.15) is 113 Å². The first kappa shape index (κ1) is 52.8. The maximum absolute atomic E-state index is 11.5. The predicted octanol–water partition coefficient (Wildman–Crippen LogP) is -0.0268. The fourth-order valence-corrected chi connectivity index (χ4v) is 14.2. The number of ether oxygens (including phenoxy) is 6. The summed E-state index contributed by atoms with van der Waals surface area (Å²) in [7, 11) is 0. The molecular weight excluding hydrogens is 865 g/mol. The van der Waals surface area contributed by atoms with Crippen LogP contribution in [0, 0.1) is 45.3 Å². The third kappa shape index (κ3) is 9.01. The minimum absolute atomic E-state index is 0.0113. The topological polar surface area (TPSA) is 298 Å². The zero-order chi connectivity index (χ0) is 48.6. The monoisotopic (exact) mass is 947 g/mol. The molecule has 3 heterocycles. The van der Waals surface area contributed by atoms with Gasteiger partial charge in [0.15, 0.2) is 18.9 Å². The summed E-state index contributed by atoms with van der Waals surface area (Å²) in [5, 5.41) is 126. The van der Waals surface area contributed by atoms with E-state index in [-0.39, 0.29) is 28.3 Å². The number of aliphatic hydroxyl groups excluding tert-OH is 11. The van der Waals surface area contributed by atoms with Crippen LogP contribution in [0.5, 0.6) is 0 Å². The van der Waals surface area contributed by atoms with Gasteiger partial charge in [-0.15, -0.1) is 0 Å². The highest BCUT2D eigenvalue weighted by Gasteiger charge is 2.68. The fourth-order valence-electron chi connectivity index (χ4n) is 14.2. The Balaban J connectivity index is 1.04. The molecule has 7 rings (SSSR count). The highest BCUT2D eigenvalue weighted by atomic mass is 16.8. The molecule has 6 fully saturated rings. The van der Waals surface area contributed by atoms with E-state index in [4.69, 9.17) is 28.4 Å². The lowest BCUT2D eigenvalue weighted by molar-refractivity contribution is -0.375. The van der Waals surface area contributed by atoms with Crippen molar-refractivity contribution in [1.82, 2.24) is 0 Å². The van der Waals surface area contributed by atoms with Gasteiger partial charge in [0, 0.05) is 5.41 Å². The lowest BCUT2D eigenvalue weighted by Gasteiger charge is -2.66. The molecule has 18 heteroatoms. The molecule has 3 aliphatic heterocycles. The van der Waals surface area contributed by atoms with Gasteiger partial charge in [0.2, 0.25) is 0 Å². The van der Waals surface area contributed by atoms with E-state index in [0.29, 0.717) is 30.6 Å². The van der Waals surface area contributed by atoms with E-state index < -0.39 is 129 Å². The van der Waals surface area contributed by atoms with Crippen LogP contribution in [0.2, 0.25) is 0 Å². The van der Waals surface area contributed by atoms with Crippen molar-refractivity contribution in [2.24, 2.45) is 45.3 Å². The summed E-state index contributed by atoms with van der Waals surface area (Å²) in [6.07, 6.45) is -13.6. The minimum Gasteiger partial charge on any atom is -0.394 e. The Morgan fingerprint density at radius 2 is 1.17 bits per heavy atom. The van der Waals surface area contributed by atoms with Crippen molar-refractivity contribution in [3.8, 4) is 0 Å². The first-order valence-corrected chi connectivity index (χ1v) is 24.4. The summed E-state index contributed by atoms with van der Waals surface area (Å²) in [5.74, 6) is 1.32. The van der Waals surface area contributed by atoms with Gasteiger partial charge in [-0.1, -0.05) is 53.2 Å². The molecule has 0 bridgehead atoms. The lowest BCUT2D eigenvalue weighted by atomic mass is 9.39. The van der Waals surface area contributed by atoms with Gasteiger partial charge in [-0.3, -0.25) is 0 Å². The van der Waals surface area contributed by atoms with Gasteiger partial charge in [0.25, 0.3) is 0 Å². The van der Waals surface area contributed by atoms with E-state index in [9.17, 15) is 61.3 Å². The second kappa shape index (κ2) is 19.6. The molecule has 0 amide bonds. The first-order chi connectivity index (χ1) is 30.8. The molecule has 3 saturated heterocycles. The van der Waals surface area contributed by atoms with Crippen LogP contribution in [0.4, 0.5) is 0 Å². The van der Waals surface area contributed by atoms with Crippen LogP contribution in [0.25, 0.3) is 0 Å². The Hall–Kier alpha value is -0.980. The molecule has 2 unspecified atom stereocenters. The van der Waals surface area contributed by atoms with Crippen LogP contribution in [0.3, 0.4) is 0 Å². The summed E-state index contributed by atoms with van der Waals surface area (Å²) in [6, 6.07) is 0. The molecule has 0 aromatic rings. The Morgan fingerprint density at radius 3 is 1.71 bits per heavy atom. The second-order valence-electron chi connectivity index (χ2n) is 22.9. The van der Waals surface area contributed by atoms with Crippen molar-refractivity contribution in [3.05, 3.63) is 11.6 Å². The van der Waals surface area contributed by atoms with Crippen molar-refractivity contribution in [2.45, 2.75) is 223 Å². The molecule has 18 nitrogen and oxygen atoms in total. The summed E-state index contributed by atoms with van der Waals surface area (Å²) < 4.78 is 36.0. The summed E-state index contributed by atoms with van der Waals surface area (Å²) in [5.41, 5.74) is -0.425. The third-order valence-electron chi connectivity index (χ3n) is 18.6. The zero-order valence-electron chi connectivity index (χ0n) is 40.0. The fraction of sp³-hybridized carbons (Fsp3) is 0.958. The van der Waals surface area contributed by atoms with Crippen LogP contribution in [0.15, 0.2) is 11.6 Å². The van der Waals surface area contributed by atoms with E-state index in [0.717, 1.165) is 44.9 Å². The molecule has 0 radical (unpaired) electrons. The van der Waals surface area contributed by atoms with Gasteiger partial charge < -0.3 is 89.7 Å². The van der Waals surface area contributed by atoms with Crippen LogP contribution < -0.4 is 0 Å². The largest absolute Gasteiger partial charge is 0.394 e. The minimum atomic E-state index is -1.81. The highest BCUT2D eigenvalue weighted by Crippen LogP contribution is 2.75. The summed E-state index contributed by atoms with van der Waals surface area (Å²) >= 11 is 0. The number of rotatable bonds is 14. The quantitative estimate of drug-likeness (QED) is 0.102. The maximum Gasteiger partial charge on any atom is 0.187 e. The Morgan fingerprint density at radius 1 is 0.636 bits per heavy atom. The molecule has 0 aromatic carbocycles. The van der Waals surface area contributed by atoms with E-state index >= 15 is 0 Å². The number of fused-ring (bicyclic) bond motifs is 5. The molecule has 3 saturated carbocycles. The van der Waals surface area contributed by atoms with Gasteiger partial charge in [0.05, 0.1) is 37.6 Å². The van der Waals surface area contributed by atoms with Gasteiger partial charge in [-0.2, -0.15) is 0 Å². The van der Waals surface area contributed by atoms with Crippen molar-refractivity contribution in [3.63, 3.8) is 0 Å². The Labute approximate surface area is 388 Å². The average molecular weight is 947 g/mol. The first-order valence-electron chi connectivity index (χ1n) is 24.4. The number of allylic oxidation sites excluding steroid dienone is 1. The normalized spacial score (nSPS) is 50.4. The van der Waals surface area contributed by atoms with Crippen molar-refractivity contribution < 1.29 is 89.7 Å². The number of hydrogen-bond donors (Lipinski definition) is 12. The average Bonchev–Trinajstić information content (AvgIpc) is 3.55. The highest BCUT2D eigenvalue weighted by molar-refractivity contribution is 5.30. The van der Waals surface area contributed by atoms with Crippen molar-refractivity contribution in [2.75, 3.05) is 19.8 Å². The van der Waals surface area contributed by atoms with Gasteiger partial charge in [-0.05, 0) is 112 Å². The van der Waals surface area contributed by atoms with Crippen molar-refractivity contribution >= 4 is 0 Å². The van der Waals surface area contributed by atoms with Gasteiger partial charge in [-0.25, -0.2) is 0 Å². The standard InChI is InChI=1S/C48H82O18/c1-22(9-13-31(45(4,5)60)65-43-40(37(57)34(54)28(21-51)63-43)66-42-39(59)36(56)33(53)27(20-50)62-42)23-15-16-48(8)29-12-10-24-25(46(29,6)17-18-47(23,48)7)11-14-30(44(24,2)3)64-41-38(58)35(55)32(52)26(19-49)61-41/h10,22-23,25-43,49-60H,9,11-21H2,1-8H3/t22-,23-,25?,26-,27-,28+,29?,30+,31-,32-,33-,34-,35+,36+,37+,38-,39-,40-,41+,42+,43+,46+,47-,48+/m1/s1. The van der Waals surface area contributed by atoms with Crippen molar-refractivity contribution in [1.29, 1.82) is 0 Å². The molecule has 0 aromatic heterocycles. The SMILES string of the molecule is C[C@H](CC[C@@H](O[C@@H]1O[C@@H](CO)[C@@H](O)[C@H](O)[C@H]1O[C@@H]1O[C@H](CO)[C@@H](O)[C@H](O)[C@H]1O)C(C)(C)O)[C@H]1CC[C@@]2(C)C3CC=C4C(CC[C@H](O[C@@H]5O[C@H](CO)[C@@H](O)[C@H](O)[C@H]5O)C4(C)C)[C@]3(C)CC[C@]12C. The molecule has 12 N–H and O–H groups in total. The summed E-state index contributed by atoms with van der Waals surface area (Å²) in [4.78, 5) is 0. The smallest absolute Gasteiger partial charge is 0.187 e. The van der Waals surface area contributed by atoms with Crippen LogP contribution >= 0.6 is 0 Å². The van der Waals surface area contributed by atoms with Gasteiger partial charge in [0.1, 0.15) is 73.2 Å². The number of aliphatic hydroxyl groups is 12. The molecule has 7 aliphatic rings. The Kier molecular flexibility index (Phi) is 15.7. The van der Waals surface area contributed by atoms with E-state index in [1.54, 1.807) is 13.8 Å². The maximum atomic E-state index is 11.5. The number of hydrogen-bond acceptors (Lipinski definition) is 18. The zero-order valence-corrected chi connectivity index (χ0v) is 40.0. The van der Waals surface area contributed by atoms with Crippen LogP contribution in [-0.2, 0) is 28.4 Å². The molecule has 24 atom stereocenters. The van der Waals surface area contributed by atoms with Gasteiger partial charge >= 0.3 is 0 Å². The van der Waals surface area contributed by atoms with E-state index in [1.807, 2.05) is 0 Å². The summed E-state index contributed by atoms with van der Waals surface area (Å²) in [6.45, 7) is 15.4. The molecule has 382 valence electrons. The van der Waals surface area contributed by atoms with E-state index in [2.05, 4.69) is 47.6 Å². The third-order valence-corrected chi connectivity index (χ3v) is 18.6. The second-order valence-corrected chi connectivity index (χ2v) is 22.9. The predicted molar refractivity (Wildman–Crippen MR) is 234 cm³/mol. The Bertz CT molecular complexity index is 1670. The van der Waals surface area contributed by atoms with E-state index in [1.165, 1.54) is 5.57 Å². The molecular formula is C48H82O18. The molecule has 66 heavy (non-hydrogen) atoms. The van der Waals surface area contributed by atoms with Crippen LogP contribution in [-0.4, -0.2) is 191 Å². The molecule has 4 aliphatic carbocycles.